The summed E-state index contributed by atoms with van der Waals surface area (Å²) in [6.45, 7) is 1.77. The Morgan fingerprint density at radius 1 is 1.50 bits per heavy atom. The Morgan fingerprint density at radius 3 is 2.72 bits per heavy atom. The van der Waals surface area contributed by atoms with Crippen LogP contribution >= 0.6 is 0 Å². The number of carbonyl (C=O) groups is 1. The lowest BCUT2D eigenvalue weighted by molar-refractivity contribution is -0.123. The van der Waals surface area contributed by atoms with Crippen molar-refractivity contribution in [3.63, 3.8) is 0 Å². The Morgan fingerprint density at radius 2 is 2.17 bits per heavy atom. The van der Waals surface area contributed by atoms with Crippen LogP contribution in [0.3, 0.4) is 0 Å². The highest BCUT2D eigenvalue weighted by atomic mass is 16.5. The molecule has 18 heavy (non-hydrogen) atoms. The van der Waals surface area contributed by atoms with Gasteiger partial charge in [-0.3, -0.25) is 4.79 Å². The number of nitriles is 1. The van der Waals surface area contributed by atoms with Gasteiger partial charge in [-0.2, -0.15) is 5.26 Å². The quantitative estimate of drug-likeness (QED) is 0.781. The number of benzene rings is 1. The molecule has 1 aromatic carbocycles. The highest BCUT2D eigenvalue weighted by Gasteiger charge is 2.07. The van der Waals surface area contributed by atoms with Gasteiger partial charge in [-0.05, 0) is 37.6 Å². The first-order chi connectivity index (χ1) is 8.65. The molecule has 0 heterocycles. The molecular weight excluding hydrogens is 232 g/mol. The monoisotopic (exact) mass is 248 g/mol. The summed E-state index contributed by atoms with van der Waals surface area (Å²) in [5, 5.41) is 20.0. The number of rotatable bonds is 6. The predicted octanol–water partition coefficient (Wildman–Crippen LogP) is 0.824. The molecule has 1 unspecified atom stereocenters. The van der Waals surface area contributed by atoms with E-state index in [0.717, 1.165) is 0 Å². The van der Waals surface area contributed by atoms with Crippen molar-refractivity contribution >= 4 is 5.91 Å². The zero-order valence-corrected chi connectivity index (χ0v) is 10.2. The molecule has 0 fully saturated rings. The standard InChI is InChI=1S/C13H16N2O3/c1-10(6-7-16)15-13(17)9-18-12-4-2-11(8-14)3-5-12/h2-5,10,16H,6-7,9H2,1H3,(H,15,17). The summed E-state index contributed by atoms with van der Waals surface area (Å²) in [5.41, 5.74) is 0.545. The summed E-state index contributed by atoms with van der Waals surface area (Å²) in [7, 11) is 0. The molecule has 0 saturated carbocycles. The van der Waals surface area contributed by atoms with E-state index in [1.54, 1.807) is 24.3 Å². The molecule has 5 nitrogen and oxygen atoms in total. The number of amides is 1. The molecule has 0 aromatic heterocycles. The molecule has 1 aromatic rings. The van der Waals surface area contributed by atoms with Crippen LogP contribution in [0.2, 0.25) is 0 Å². The Bertz CT molecular complexity index is 423. The number of ether oxygens (including phenoxy) is 1. The van der Waals surface area contributed by atoms with Gasteiger partial charge >= 0.3 is 0 Å². The molecule has 0 bridgehead atoms. The van der Waals surface area contributed by atoms with Gasteiger partial charge < -0.3 is 15.2 Å². The zero-order valence-electron chi connectivity index (χ0n) is 10.2. The van der Waals surface area contributed by atoms with Crippen LogP contribution < -0.4 is 10.1 Å². The fraction of sp³-hybridized carbons (Fsp3) is 0.385. The first-order valence-corrected chi connectivity index (χ1v) is 5.69. The third-order valence-electron chi connectivity index (χ3n) is 2.32. The molecule has 0 spiro atoms. The molecule has 0 aliphatic heterocycles. The van der Waals surface area contributed by atoms with E-state index in [0.29, 0.717) is 17.7 Å². The second-order valence-electron chi connectivity index (χ2n) is 3.91. The van der Waals surface area contributed by atoms with Gasteiger partial charge in [-0.15, -0.1) is 0 Å². The van der Waals surface area contributed by atoms with Crippen LogP contribution in [0.5, 0.6) is 5.75 Å². The van der Waals surface area contributed by atoms with E-state index in [2.05, 4.69) is 5.32 Å². The molecule has 0 aliphatic rings. The Balaban J connectivity index is 2.35. The van der Waals surface area contributed by atoms with Crippen LogP contribution in [-0.4, -0.2) is 30.3 Å². The molecule has 0 aliphatic carbocycles. The molecule has 96 valence electrons. The minimum atomic E-state index is -0.236. The third kappa shape index (κ3) is 4.85. The van der Waals surface area contributed by atoms with Crippen molar-refractivity contribution in [1.29, 1.82) is 5.26 Å². The lowest BCUT2D eigenvalue weighted by atomic mass is 10.2. The largest absolute Gasteiger partial charge is 0.484 e. The Kier molecular flexibility index (Phi) is 5.68. The minimum Gasteiger partial charge on any atom is -0.484 e. The summed E-state index contributed by atoms with van der Waals surface area (Å²) in [6.07, 6.45) is 0.516. The van der Waals surface area contributed by atoms with Gasteiger partial charge in [-0.1, -0.05) is 0 Å². The average molecular weight is 248 g/mol. The molecule has 0 radical (unpaired) electrons. The number of hydrogen-bond acceptors (Lipinski definition) is 4. The van der Waals surface area contributed by atoms with Crippen molar-refractivity contribution in [1.82, 2.24) is 5.32 Å². The van der Waals surface area contributed by atoms with Crippen LogP contribution in [0.4, 0.5) is 0 Å². The van der Waals surface area contributed by atoms with Crippen LogP contribution in [0.1, 0.15) is 18.9 Å². The van der Waals surface area contributed by atoms with E-state index in [-0.39, 0.29) is 25.2 Å². The smallest absolute Gasteiger partial charge is 0.258 e. The van der Waals surface area contributed by atoms with Gasteiger partial charge in [0.2, 0.25) is 0 Å². The highest BCUT2D eigenvalue weighted by Crippen LogP contribution is 2.11. The van der Waals surface area contributed by atoms with Gasteiger partial charge in [0.25, 0.3) is 5.91 Å². The number of carbonyl (C=O) groups excluding carboxylic acids is 1. The van der Waals surface area contributed by atoms with E-state index in [4.69, 9.17) is 15.1 Å². The van der Waals surface area contributed by atoms with Crippen molar-refractivity contribution in [2.45, 2.75) is 19.4 Å². The SMILES string of the molecule is CC(CCO)NC(=O)COc1ccc(C#N)cc1. The molecule has 5 heteroatoms. The van der Waals surface area contributed by atoms with Crippen molar-refractivity contribution < 1.29 is 14.6 Å². The zero-order chi connectivity index (χ0) is 13.4. The van der Waals surface area contributed by atoms with Gasteiger partial charge in [0.05, 0.1) is 11.6 Å². The lowest BCUT2D eigenvalue weighted by Gasteiger charge is -2.12. The van der Waals surface area contributed by atoms with E-state index >= 15 is 0 Å². The van der Waals surface area contributed by atoms with Gasteiger partial charge in [0.1, 0.15) is 5.75 Å². The minimum absolute atomic E-state index is 0.0396. The van der Waals surface area contributed by atoms with Gasteiger partial charge in [-0.25, -0.2) is 0 Å². The van der Waals surface area contributed by atoms with Gasteiger partial charge in [0, 0.05) is 12.6 Å². The summed E-state index contributed by atoms with van der Waals surface area (Å²) in [6, 6.07) is 8.46. The highest BCUT2D eigenvalue weighted by molar-refractivity contribution is 5.77. The topological polar surface area (TPSA) is 82.3 Å². The van der Waals surface area contributed by atoms with Crippen molar-refractivity contribution in [2.75, 3.05) is 13.2 Å². The number of aliphatic hydroxyl groups is 1. The number of nitrogens with one attached hydrogen (secondary N) is 1. The van der Waals surface area contributed by atoms with Crippen LogP contribution in [0, 0.1) is 11.3 Å². The molecule has 1 rings (SSSR count). The summed E-state index contributed by atoms with van der Waals surface area (Å²) >= 11 is 0. The first kappa shape index (κ1) is 14.0. The lowest BCUT2D eigenvalue weighted by Crippen LogP contribution is -2.36. The van der Waals surface area contributed by atoms with Crippen LogP contribution in [0.15, 0.2) is 24.3 Å². The Labute approximate surface area is 106 Å². The predicted molar refractivity (Wildman–Crippen MR) is 66.0 cm³/mol. The molecule has 0 saturated heterocycles. The molecule has 1 atom stereocenters. The summed E-state index contributed by atoms with van der Waals surface area (Å²) in [4.78, 5) is 11.5. The summed E-state index contributed by atoms with van der Waals surface area (Å²) < 4.78 is 5.26. The second kappa shape index (κ2) is 7.30. The number of hydrogen-bond donors (Lipinski definition) is 2. The second-order valence-corrected chi connectivity index (χ2v) is 3.91. The molecular formula is C13H16N2O3. The normalized spacial score (nSPS) is 11.4. The van der Waals surface area contributed by atoms with E-state index in [1.165, 1.54) is 0 Å². The Hall–Kier alpha value is -2.06. The maximum Gasteiger partial charge on any atom is 0.258 e. The van der Waals surface area contributed by atoms with Crippen molar-refractivity contribution in [3.8, 4) is 11.8 Å². The first-order valence-electron chi connectivity index (χ1n) is 5.69. The average Bonchev–Trinajstić information content (AvgIpc) is 2.37. The fourth-order valence-electron chi connectivity index (χ4n) is 1.36. The van der Waals surface area contributed by atoms with Gasteiger partial charge in [0.15, 0.2) is 6.61 Å². The maximum atomic E-state index is 11.5. The van der Waals surface area contributed by atoms with E-state index in [9.17, 15) is 4.79 Å². The third-order valence-corrected chi connectivity index (χ3v) is 2.32. The van der Waals surface area contributed by atoms with E-state index < -0.39 is 0 Å². The number of aliphatic hydroxyl groups excluding tert-OH is 1. The maximum absolute atomic E-state index is 11.5. The number of nitrogens with zero attached hydrogens (tertiary/aromatic N) is 1. The van der Waals surface area contributed by atoms with E-state index in [1.807, 2.05) is 13.0 Å². The summed E-state index contributed by atoms with van der Waals surface area (Å²) in [5.74, 6) is 0.305. The molecule has 2 N–H and O–H groups in total. The van der Waals surface area contributed by atoms with Crippen LogP contribution in [0.25, 0.3) is 0 Å². The molecule has 1 amide bonds. The fourth-order valence-corrected chi connectivity index (χ4v) is 1.36. The van der Waals surface area contributed by atoms with Crippen molar-refractivity contribution in [2.24, 2.45) is 0 Å². The van der Waals surface area contributed by atoms with Crippen LogP contribution in [-0.2, 0) is 4.79 Å². The van der Waals surface area contributed by atoms with Crippen molar-refractivity contribution in [3.05, 3.63) is 29.8 Å².